The van der Waals surface area contributed by atoms with Crippen LogP contribution in [0.15, 0.2) is 0 Å². The normalized spacial score (nSPS) is 35.1. The summed E-state index contributed by atoms with van der Waals surface area (Å²) in [6.45, 7) is 4.12. The summed E-state index contributed by atoms with van der Waals surface area (Å²) in [4.78, 5) is 26.9. The Kier molecular flexibility index (Phi) is 4.39. The van der Waals surface area contributed by atoms with Crippen LogP contribution in [0, 0.1) is 23.7 Å². The second kappa shape index (κ2) is 6.08. The van der Waals surface area contributed by atoms with Gasteiger partial charge in [0.05, 0.1) is 0 Å². The number of thioether (sulfide) groups is 1. The van der Waals surface area contributed by atoms with E-state index in [1.165, 1.54) is 6.42 Å². The van der Waals surface area contributed by atoms with Crippen LogP contribution < -0.4 is 0 Å². The van der Waals surface area contributed by atoms with E-state index in [0.29, 0.717) is 11.7 Å². The molecule has 2 bridgehead atoms. The van der Waals surface area contributed by atoms with Crippen molar-refractivity contribution in [2.75, 3.05) is 24.6 Å². The number of nitrogens with zero attached hydrogens (tertiary/aromatic N) is 1. The smallest absolute Gasteiger partial charge is 0.225 e. The van der Waals surface area contributed by atoms with Crippen LogP contribution in [0.1, 0.15) is 39.0 Å². The summed E-state index contributed by atoms with van der Waals surface area (Å²) in [7, 11) is 0. The van der Waals surface area contributed by atoms with E-state index in [1.54, 1.807) is 0 Å². The molecule has 2 aliphatic heterocycles. The summed E-state index contributed by atoms with van der Waals surface area (Å²) in [5, 5.41) is 0. The quantitative estimate of drug-likeness (QED) is 0.786. The van der Waals surface area contributed by atoms with Crippen LogP contribution in [0.3, 0.4) is 0 Å². The molecular weight excluding hydrogens is 270 g/mol. The van der Waals surface area contributed by atoms with Gasteiger partial charge in [-0.25, -0.2) is 0 Å². The lowest BCUT2D eigenvalue weighted by Gasteiger charge is -2.40. The van der Waals surface area contributed by atoms with Crippen LogP contribution in [0.4, 0.5) is 0 Å². The second-order valence-corrected chi connectivity index (χ2v) is 7.75. The average molecular weight is 295 g/mol. The molecule has 3 rings (SSSR count). The predicted molar refractivity (Wildman–Crippen MR) is 81.6 cm³/mol. The zero-order valence-electron chi connectivity index (χ0n) is 12.3. The Bertz CT molecular complexity index is 374. The van der Waals surface area contributed by atoms with Crippen LogP contribution in [0.2, 0.25) is 0 Å². The molecule has 112 valence electrons. The first kappa shape index (κ1) is 14.4. The van der Waals surface area contributed by atoms with Gasteiger partial charge in [0.25, 0.3) is 0 Å². The van der Waals surface area contributed by atoms with Crippen LogP contribution in [0.5, 0.6) is 0 Å². The number of carbonyl (C=O) groups excluding carboxylic acids is 2. The molecule has 2 atom stereocenters. The first-order chi connectivity index (χ1) is 9.69. The third-order valence-corrected chi connectivity index (χ3v) is 6.71. The molecule has 4 heteroatoms. The molecule has 1 amide bonds. The first-order valence-corrected chi connectivity index (χ1v) is 9.24. The summed E-state index contributed by atoms with van der Waals surface area (Å²) < 4.78 is 0. The van der Waals surface area contributed by atoms with E-state index in [2.05, 4.69) is 11.8 Å². The lowest BCUT2D eigenvalue weighted by molar-refractivity contribution is -0.142. The van der Waals surface area contributed by atoms with Crippen LogP contribution >= 0.6 is 11.8 Å². The number of Topliss-reactive ketones (excluding diaryl/α,β-unsaturated/α-hetero) is 1. The minimum absolute atomic E-state index is 0.127. The minimum Gasteiger partial charge on any atom is -0.342 e. The fourth-order valence-electron chi connectivity index (χ4n) is 4.02. The van der Waals surface area contributed by atoms with Crippen molar-refractivity contribution in [3.63, 3.8) is 0 Å². The maximum Gasteiger partial charge on any atom is 0.225 e. The summed E-state index contributed by atoms with van der Waals surface area (Å²) >= 11 is 1.90. The molecule has 1 aliphatic carbocycles. The Morgan fingerprint density at radius 2 is 1.80 bits per heavy atom. The topological polar surface area (TPSA) is 37.4 Å². The third kappa shape index (κ3) is 2.76. The molecule has 0 spiro atoms. The highest BCUT2D eigenvalue weighted by atomic mass is 32.2. The number of amides is 1. The zero-order chi connectivity index (χ0) is 14.1. The van der Waals surface area contributed by atoms with Gasteiger partial charge in [0, 0.05) is 42.3 Å². The molecule has 0 N–H and O–H groups in total. The molecule has 0 aromatic rings. The third-order valence-electron chi connectivity index (χ3n) is 5.43. The SMILES string of the molecule is CCC1CCN(C(=O)C2CC3CSCC(C2)C3=O)CC1. The predicted octanol–water partition coefficient (Wildman–Crippen LogP) is 2.59. The number of piperidine rings is 1. The van der Waals surface area contributed by atoms with Gasteiger partial charge in [-0.2, -0.15) is 11.8 Å². The number of likely N-dealkylation sites (tertiary alicyclic amines) is 1. The molecule has 2 heterocycles. The Hall–Kier alpha value is -0.510. The van der Waals surface area contributed by atoms with Gasteiger partial charge in [0.2, 0.25) is 5.91 Å². The van der Waals surface area contributed by atoms with E-state index in [0.717, 1.165) is 56.2 Å². The van der Waals surface area contributed by atoms with Gasteiger partial charge >= 0.3 is 0 Å². The van der Waals surface area contributed by atoms with Crippen molar-refractivity contribution in [3.8, 4) is 0 Å². The van der Waals surface area contributed by atoms with Crippen molar-refractivity contribution >= 4 is 23.5 Å². The van der Waals surface area contributed by atoms with E-state index in [-0.39, 0.29) is 17.8 Å². The Balaban J connectivity index is 1.59. The van der Waals surface area contributed by atoms with Crippen molar-refractivity contribution in [2.45, 2.75) is 39.0 Å². The number of fused-ring (bicyclic) bond motifs is 2. The van der Waals surface area contributed by atoms with Gasteiger partial charge in [0.1, 0.15) is 5.78 Å². The lowest BCUT2D eigenvalue weighted by Crippen LogP contribution is -2.47. The first-order valence-electron chi connectivity index (χ1n) is 8.09. The van der Waals surface area contributed by atoms with Crippen molar-refractivity contribution in [2.24, 2.45) is 23.7 Å². The molecule has 20 heavy (non-hydrogen) atoms. The number of hydrogen-bond donors (Lipinski definition) is 0. The van der Waals surface area contributed by atoms with Crippen molar-refractivity contribution in [1.82, 2.24) is 4.90 Å². The molecule has 3 fully saturated rings. The molecule has 2 saturated heterocycles. The van der Waals surface area contributed by atoms with Gasteiger partial charge in [-0.3, -0.25) is 9.59 Å². The fraction of sp³-hybridized carbons (Fsp3) is 0.875. The molecule has 0 radical (unpaired) electrons. The maximum atomic E-state index is 12.7. The van der Waals surface area contributed by atoms with Gasteiger partial charge in [-0.05, 0) is 31.6 Å². The minimum atomic E-state index is 0.127. The molecule has 2 unspecified atom stereocenters. The van der Waals surface area contributed by atoms with Gasteiger partial charge in [-0.1, -0.05) is 13.3 Å². The molecule has 1 saturated carbocycles. The highest BCUT2D eigenvalue weighted by Gasteiger charge is 2.42. The van der Waals surface area contributed by atoms with Gasteiger partial charge in [-0.15, -0.1) is 0 Å². The lowest BCUT2D eigenvalue weighted by atomic mass is 9.74. The standard InChI is InChI=1S/C16H25NO2S/c1-2-11-3-5-17(6-4-11)16(19)12-7-13-9-20-10-14(8-12)15(13)18/h11-14H,2-10H2,1H3. The number of ketones is 1. The largest absolute Gasteiger partial charge is 0.342 e. The van der Waals surface area contributed by atoms with Crippen LogP contribution in [0.25, 0.3) is 0 Å². The van der Waals surface area contributed by atoms with E-state index in [4.69, 9.17) is 0 Å². The van der Waals surface area contributed by atoms with Gasteiger partial charge < -0.3 is 4.90 Å². The van der Waals surface area contributed by atoms with Crippen molar-refractivity contribution in [1.29, 1.82) is 0 Å². The van der Waals surface area contributed by atoms with E-state index >= 15 is 0 Å². The molecule has 0 aromatic heterocycles. The van der Waals surface area contributed by atoms with Gasteiger partial charge in [0.15, 0.2) is 0 Å². The summed E-state index contributed by atoms with van der Waals surface area (Å²) in [5.74, 6) is 3.92. The monoisotopic (exact) mass is 295 g/mol. The Morgan fingerprint density at radius 3 is 2.35 bits per heavy atom. The summed E-state index contributed by atoms with van der Waals surface area (Å²) in [5.41, 5.74) is 0. The molecule has 3 aliphatic rings. The number of rotatable bonds is 2. The molecular formula is C16H25NO2S. The van der Waals surface area contributed by atoms with Crippen LogP contribution in [-0.2, 0) is 9.59 Å². The maximum absolute atomic E-state index is 12.7. The summed E-state index contributed by atoms with van der Waals surface area (Å²) in [6, 6.07) is 0. The van der Waals surface area contributed by atoms with E-state index in [1.807, 2.05) is 11.8 Å². The highest BCUT2D eigenvalue weighted by molar-refractivity contribution is 7.99. The van der Waals surface area contributed by atoms with Crippen LogP contribution in [-0.4, -0.2) is 41.2 Å². The summed E-state index contributed by atoms with van der Waals surface area (Å²) in [6.07, 6.45) is 5.19. The number of carbonyl (C=O) groups is 2. The van der Waals surface area contributed by atoms with Crippen molar-refractivity contribution in [3.05, 3.63) is 0 Å². The number of hydrogen-bond acceptors (Lipinski definition) is 3. The Morgan fingerprint density at radius 1 is 1.20 bits per heavy atom. The van der Waals surface area contributed by atoms with E-state index in [9.17, 15) is 9.59 Å². The Labute approximate surface area is 125 Å². The van der Waals surface area contributed by atoms with E-state index < -0.39 is 0 Å². The average Bonchev–Trinajstić information content (AvgIpc) is 2.46. The molecule has 0 aromatic carbocycles. The molecule has 3 nitrogen and oxygen atoms in total. The fourth-order valence-corrected chi connectivity index (χ4v) is 5.33. The highest BCUT2D eigenvalue weighted by Crippen LogP contribution is 2.39. The zero-order valence-corrected chi connectivity index (χ0v) is 13.2. The van der Waals surface area contributed by atoms with Crippen molar-refractivity contribution < 1.29 is 9.59 Å². The second-order valence-electron chi connectivity index (χ2n) is 6.68.